The number of hydrogen-bond donors (Lipinski definition) is 2. The van der Waals surface area contributed by atoms with Crippen LogP contribution in [0.3, 0.4) is 0 Å². The molecule has 1 aliphatic rings. The summed E-state index contributed by atoms with van der Waals surface area (Å²) in [5, 5.41) is 4.52. The fraction of sp³-hybridized carbons (Fsp3) is 0.308. The monoisotopic (exact) mass is 298 g/mol. The Kier molecular flexibility index (Phi) is 4.15. The highest BCUT2D eigenvalue weighted by molar-refractivity contribution is 6.00. The number of cyclic esters (lactones) is 1. The van der Waals surface area contributed by atoms with Crippen LogP contribution in [0.15, 0.2) is 18.2 Å². The van der Waals surface area contributed by atoms with Crippen molar-refractivity contribution in [3.05, 3.63) is 35.4 Å². The Balaban J connectivity index is 1.97. The lowest BCUT2D eigenvalue weighted by atomic mass is 10.1. The molecule has 0 aliphatic carbocycles. The average molecular weight is 298 g/mol. The summed E-state index contributed by atoms with van der Waals surface area (Å²) in [6.45, 7) is 0.995. The molecule has 2 amide bonds. The highest BCUT2D eigenvalue weighted by atomic mass is 19.2. The summed E-state index contributed by atoms with van der Waals surface area (Å²) < 4.78 is 31.1. The van der Waals surface area contributed by atoms with Crippen molar-refractivity contribution in [3.63, 3.8) is 0 Å². The number of rotatable bonds is 4. The highest BCUT2D eigenvalue weighted by Gasteiger charge is 2.36. The van der Waals surface area contributed by atoms with E-state index in [0.29, 0.717) is 0 Å². The van der Waals surface area contributed by atoms with Gasteiger partial charge in [0, 0.05) is 0 Å². The van der Waals surface area contributed by atoms with Crippen molar-refractivity contribution in [2.75, 3.05) is 6.54 Å². The highest BCUT2D eigenvalue weighted by Crippen LogP contribution is 2.12. The Morgan fingerprint density at radius 2 is 2.10 bits per heavy atom. The summed E-state index contributed by atoms with van der Waals surface area (Å²) in [5.74, 6) is -3.82. The molecule has 1 fully saturated rings. The standard InChI is InChI=1S/C13H12F2N2O4/c1-6-11(17-13(20)21-6)12(19)16-5-9(18)7-3-2-4-8(14)10(7)15/h2-4,6,11H,5H2,1H3,(H,16,19)(H,17,20). The van der Waals surface area contributed by atoms with Gasteiger partial charge in [-0.15, -0.1) is 0 Å². The number of nitrogens with one attached hydrogen (secondary N) is 2. The number of ketones is 1. The minimum atomic E-state index is -1.26. The summed E-state index contributed by atoms with van der Waals surface area (Å²) in [6, 6.07) is 2.27. The topological polar surface area (TPSA) is 84.5 Å². The van der Waals surface area contributed by atoms with Crippen LogP contribution in [0.2, 0.25) is 0 Å². The van der Waals surface area contributed by atoms with Crippen molar-refractivity contribution in [1.82, 2.24) is 10.6 Å². The lowest BCUT2D eigenvalue weighted by molar-refractivity contribution is -0.123. The summed E-state index contributed by atoms with van der Waals surface area (Å²) in [4.78, 5) is 34.4. The molecule has 0 aromatic heterocycles. The first-order chi connectivity index (χ1) is 9.90. The maximum atomic E-state index is 13.4. The molecule has 0 saturated carbocycles. The summed E-state index contributed by atoms with van der Waals surface area (Å²) in [7, 11) is 0. The third kappa shape index (κ3) is 3.15. The normalized spacial score (nSPS) is 20.6. The first-order valence-electron chi connectivity index (χ1n) is 6.12. The van der Waals surface area contributed by atoms with Gasteiger partial charge in [0.05, 0.1) is 12.1 Å². The number of benzene rings is 1. The van der Waals surface area contributed by atoms with Gasteiger partial charge in [0.25, 0.3) is 0 Å². The zero-order chi connectivity index (χ0) is 15.6. The van der Waals surface area contributed by atoms with Crippen LogP contribution in [0, 0.1) is 11.6 Å². The van der Waals surface area contributed by atoms with Crippen LogP contribution in [0.25, 0.3) is 0 Å². The largest absolute Gasteiger partial charge is 0.444 e. The second-order valence-corrected chi connectivity index (χ2v) is 4.47. The third-order valence-corrected chi connectivity index (χ3v) is 2.99. The molecule has 2 N–H and O–H groups in total. The van der Waals surface area contributed by atoms with Gasteiger partial charge in [0.1, 0.15) is 12.1 Å². The minimum Gasteiger partial charge on any atom is -0.444 e. The molecule has 2 unspecified atom stereocenters. The number of carbonyl (C=O) groups excluding carboxylic acids is 3. The quantitative estimate of drug-likeness (QED) is 0.804. The van der Waals surface area contributed by atoms with E-state index in [-0.39, 0.29) is 0 Å². The Morgan fingerprint density at radius 1 is 1.38 bits per heavy atom. The molecule has 1 aromatic rings. The molecule has 21 heavy (non-hydrogen) atoms. The van der Waals surface area contributed by atoms with Gasteiger partial charge in [-0.25, -0.2) is 13.6 Å². The van der Waals surface area contributed by atoms with E-state index in [2.05, 4.69) is 10.6 Å². The lowest BCUT2D eigenvalue weighted by Crippen LogP contribution is -2.47. The van der Waals surface area contributed by atoms with Gasteiger partial charge < -0.3 is 15.4 Å². The number of halogens is 2. The van der Waals surface area contributed by atoms with Gasteiger partial charge in [0.15, 0.2) is 17.4 Å². The summed E-state index contributed by atoms with van der Waals surface area (Å²) >= 11 is 0. The van der Waals surface area contributed by atoms with Crippen LogP contribution in [0.5, 0.6) is 0 Å². The second-order valence-electron chi connectivity index (χ2n) is 4.47. The van der Waals surface area contributed by atoms with Gasteiger partial charge in [0.2, 0.25) is 5.91 Å². The molecule has 0 spiro atoms. The molecular weight excluding hydrogens is 286 g/mol. The van der Waals surface area contributed by atoms with Crippen molar-refractivity contribution in [1.29, 1.82) is 0 Å². The Morgan fingerprint density at radius 3 is 2.71 bits per heavy atom. The number of hydrogen-bond acceptors (Lipinski definition) is 4. The zero-order valence-corrected chi connectivity index (χ0v) is 11.0. The predicted octanol–water partition coefficient (Wildman–Crippen LogP) is 0.761. The first-order valence-corrected chi connectivity index (χ1v) is 6.12. The van der Waals surface area contributed by atoms with Crippen molar-refractivity contribution in [3.8, 4) is 0 Å². The fourth-order valence-electron chi connectivity index (χ4n) is 1.89. The number of carbonyl (C=O) groups is 3. The van der Waals surface area contributed by atoms with Crippen LogP contribution in [-0.4, -0.2) is 36.5 Å². The minimum absolute atomic E-state index is 0.449. The van der Waals surface area contributed by atoms with Crippen molar-refractivity contribution < 1.29 is 27.9 Å². The van der Waals surface area contributed by atoms with Crippen LogP contribution in [0.4, 0.5) is 13.6 Å². The van der Waals surface area contributed by atoms with Crippen molar-refractivity contribution in [2.45, 2.75) is 19.1 Å². The average Bonchev–Trinajstić information content (AvgIpc) is 2.78. The molecule has 0 radical (unpaired) electrons. The van der Waals surface area contributed by atoms with E-state index < -0.39 is 53.7 Å². The van der Waals surface area contributed by atoms with Gasteiger partial charge in [-0.1, -0.05) is 6.07 Å². The molecule has 1 saturated heterocycles. The van der Waals surface area contributed by atoms with Gasteiger partial charge in [-0.2, -0.15) is 0 Å². The van der Waals surface area contributed by atoms with Gasteiger partial charge in [-0.05, 0) is 19.1 Å². The zero-order valence-electron chi connectivity index (χ0n) is 11.0. The number of ether oxygens (including phenoxy) is 1. The molecule has 8 heteroatoms. The number of alkyl carbamates (subject to hydrolysis) is 1. The third-order valence-electron chi connectivity index (χ3n) is 2.99. The predicted molar refractivity (Wildman–Crippen MR) is 66.6 cm³/mol. The molecule has 1 aliphatic heterocycles. The summed E-state index contributed by atoms with van der Waals surface area (Å²) in [5.41, 5.74) is -0.449. The molecule has 1 heterocycles. The van der Waals surface area contributed by atoms with E-state index in [1.807, 2.05) is 0 Å². The van der Waals surface area contributed by atoms with E-state index >= 15 is 0 Å². The van der Waals surface area contributed by atoms with Crippen molar-refractivity contribution in [2.24, 2.45) is 0 Å². The van der Waals surface area contributed by atoms with Crippen LogP contribution >= 0.6 is 0 Å². The smallest absolute Gasteiger partial charge is 0.408 e. The molecule has 112 valence electrons. The number of amides is 2. The Bertz CT molecular complexity index is 606. The van der Waals surface area contributed by atoms with Crippen LogP contribution in [-0.2, 0) is 9.53 Å². The molecular formula is C13H12F2N2O4. The lowest BCUT2D eigenvalue weighted by Gasteiger charge is -2.12. The van der Waals surface area contributed by atoms with E-state index in [1.165, 1.54) is 13.0 Å². The Labute approximate surface area is 118 Å². The van der Waals surface area contributed by atoms with Crippen LogP contribution < -0.4 is 10.6 Å². The van der Waals surface area contributed by atoms with E-state index in [0.717, 1.165) is 12.1 Å². The fourth-order valence-corrected chi connectivity index (χ4v) is 1.89. The molecule has 0 bridgehead atoms. The molecule has 6 nitrogen and oxygen atoms in total. The number of Topliss-reactive ketones (excluding diaryl/α,β-unsaturated/α-hetero) is 1. The maximum absolute atomic E-state index is 13.4. The van der Waals surface area contributed by atoms with Crippen molar-refractivity contribution >= 4 is 17.8 Å². The van der Waals surface area contributed by atoms with E-state index in [1.54, 1.807) is 0 Å². The van der Waals surface area contributed by atoms with Gasteiger partial charge >= 0.3 is 6.09 Å². The summed E-state index contributed by atoms with van der Waals surface area (Å²) in [6.07, 6.45) is -1.41. The van der Waals surface area contributed by atoms with Gasteiger partial charge in [-0.3, -0.25) is 9.59 Å². The first kappa shape index (κ1) is 14.9. The second kappa shape index (κ2) is 5.86. The van der Waals surface area contributed by atoms with E-state index in [9.17, 15) is 23.2 Å². The maximum Gasteiger partial charge on any atom is 0.408 e. The Hall–Kier alpha value is -2.51. The molecule has 2 rings (SSSR count). The molecule has 1 aromatic carbocycles. The van der Waals surface area contributed by atoms with E-state index in [4.69, 9.17) is 4.74 Å². The van der Waals surface area contributed by atoms with Crippen LogP contribution in [0.1, 0.15) is 17.3 Å². The molecule has 2 atom stereocenters. The SMILES string of the molecule is CC1OC(=O)NC1C(=O)NCC(=O)c1cccc(F)c1F.